The molecule has 1 fully saturated rings. The van der Waals surface area contributed by atoms with E-state index in [9.17, 15) is 0 Å². The summed E-state index contributed by atoms with van der Waals surface area (Å²) in [5.41, 5.74) is 3.09. The summed E-state index contributed by atoms with van der Waals surface area (Å²) in [6, 6.07) is 21.9. The molecule has 0 bridgehead atoms. The van der Waals surface area contributed by atoms with Crippen LogP contribution < -0.4 is 0 Å². The Morgan fingerprint density at radius 2 is 1.52 bits per heavy atom. The first-order valence-corrected chi connectivity index (χ1v) is 7.95. The fourth-order valence-corrected chi connectivity index (χ4v) is 3.34. The normalized spacial score (nSPS) is 19.8. The Morgan fingerprint density at radius 1 is 0.952 bits per heavy atom. The van der Waals surface area contributed by atoms with Crippen molar-refractivity contribution in [2.24, 2.45) is 5.92 Å². The van der Waals surface area contributed by atoms with Gasteiger partial charge in [-0.1, -0.05) is 86.2 Å². The molecule has 2 aromatic rings. The van der Waals surface area contributed by atoms with Gasteiger partial charge < -0.3 is 0 Å². The van der Waals surface area contributed by atoms with Crippen molar-refractivity contribution in [2.45, 2.75) is 31.1 Å². The Balaban J connectivity index is 1.87. The van der Waals surface area contributed by atoms with Crippen LogP contribution in [0.3, 0.4) is 0 Å². The molecule has 1 aliphatic rings. The zero-order valence-electron chi connectivity index (χ0n) is 12.5. The fraction of sp³-hybridized carbons (Fsp3) is 0.286. The van der Waals surface area contributed by atoms with Gasteiger partial charge in [0.25, 0.3) is 0 Å². The van der Waals surface area contributed by atoms with E-state index < -0.39 is 0 Å². The molecule has 0 aliphatic heterocycles. The van der Waals surface area contributed by atoms with Crippen molar-refractivity contribution in [1.82, 2.24) is 0 Å². The average molecular weight is 275 g/mol. The minimum Gasteiger partial charge on any atom is -0.0882 e. The van der Waals surface area contributed by atoms with Crippen molar-refractivity contribution in [2.75, 3.05) is 0 Å². The van der Waals surface area contributed by atoms with Gasteiger partial charge in [0.2, 0.25) is 0 Å². The van der Waals surface area contributed by atoms with E-state index >= 15 is 0 Å². The molecular weight excluding hydrogens is 252 g/mol. The van der Waals surface area contributed by atoms with Crippen LogP contribution in [0.4, 0.5) is 0 Å². The van der Waals surface area contributed by atoms with Gasteiger partial charge in [0.1, 0.15) is 0 Å². The zero-order chi connectivity index (χ0) is 14.5. The highest BCUT2D eigenvalue weighted by Gasteiger charge is 2.54. The van der Waals surface area contributed by atoms with Crippen LogP contribution in [0.1, 0.15) is 36.8 Å². The zero-order valence-corrected chi connectivity index (χ0v) is 12.5. The van der Waals surface area contributed by atoms with E-state index in [-0.39, 0.29) is 5.41 Å². The molecule has 0 spiro atoms. The number of hydrogen-bond acceptors (Lipinski definition) is 0. The summed E-state index contributed by atoms with van der Waals surface area (Å²) in [7, 11) is 0. The topological polar surface area (TPSA) is 0 Å². The minimum absolute atomic E-state index is 0.198. The van der Waals surface area contributed by atoms with E-state index in [1.54, 1.807) is 0 Å². The number of benzene rings is 2. The third kappa shape index (κ3) is 2.81. The van der Waals surface area contributed by atoms with E-state index in [1.165, 1.54) is 24.0 Å². The first-order chi connectivity index (χ1) is 10.4. The van der Waals surface area contributed by atoms with Gasteiger partial charge in [-0.15, -0.1) is 0 Å². The molecule has 0 heterocycles. The third-order valence-corrected chi connectivity index (χ3v) is 4.58. The lowest BCUT2D eigenvalue weighted by Gasteiger charge is -2.18. The fourth-order valence-electron chi connectivity index (χ4n) is 3.34. The van der Waals surface area contributed by atoms with E-state index in [4.69, 9.17) is 0 Å². The predicted molar refractivity (Wildman–Crippen MR) is 90.1 cm³/mol. The highest BCUT2D eigenvalue weighted by molar-refractivity contribution is 5.48. The average Bonchev–Trinajstić information content (AvgIpc) is 3.29. The summed E-state index contributed by atoms with van der Waals surface area (Å²) >= 11 is 0. The number of hydrogen-bond donors (Lipinski definition) is 0. The molecule has 1 aliphatic carbocycles. The Morgan fingerprint density at radius 3 is 2.05 bits per heavy atom. The van der Waals surface area contributed by atoms with Crippen LogP contribution in [-0.2, 0) is 5.41 Å². The third-order valence-electron chi connectivity index (χ3n) is 4.58. The molecule has 0 heteroatoms. The van der Waals surface area contributed by atoms with Gasteiger partial charge in [0.15, 0.2) is 0 Å². The molecule has 107 valence electrons. The van der Waals surface area contributed by atoms with Crippen molar-refractivity contribution in [3.63, 3.8) is 0 Å². The second kappa shape index (κ2) is 6.30. The molecule has 0 N–H and O–H groups in total. The first-order valence-electron chi connectivity index (χ1n) is 7.95. The molecule has 2 aromatic carbocycles. The van der Waals surface area contributed by atoms with Crippen molar-refractivity contribution in [3.05, 3.63) is 90.9 Å². The van der Waals surface area contributed by atoms with Gasteiger partial charge in [0.05, 0.1) is 0 Å². The summed E-state index contributed by atoms with van der Waals surface area (Å²) in [6.07, 6.45) is 9.37. The van der Waals surface area contributed by atoms with Gasteiger partial charge in [0, 0.05) is 5.41 Å². The summed E-state index contributed by atoms with van der Waals surface area (Å²) in [5, 5.41) is 0. The molecule has 0 saturated heterocycles. The van der Waals surface area contributed by atoms with Crippen LogP contribution >= 0.6 is 0 Å². The van der Waals surface area contributed by atoms with E-state index in [2.05, 4.69) is 79.7 Å². The van der Waals surface area contributed by atoms with Crippen LogP contribution in [0, 0.1) is 12.8 Å². The molecule has 21 heavy (non-hydrogen) atoms. The minimum atomic E-state index is 0.198. The predicted octanol–water partition coefficient (Wildman–Crippen LogP) is 5.55. The van der Waals surface area contributed by atoms with Crippen LogP contribution in [0.2, 0.25) is 0 Å². The highest BCUT2D eigenvalue weighted by atomic mass is 14.6. The van der Waals surface area contributed by atoms with Gasteiger partial charge in [-0.2, -0.15) is 0 Å². The van der Waals surface area contributed by atoms with Gasteiger partial charge in [-0.05, 0) is 36.3 Å². The largest absolute Gasteiger partial charge is 0.0882 e. The molecule has 3 rings (SSSR count). The molecule has 1 unspecified atom stereocenters. The standard InChI is InChI=1S/C21H23/c1-2-3-4-7-16-20-17-21(20,18-12-8-5-9-13-18)19-14-10-6-11-15-19/h5-16,20H,1-4,17H2/b16-7-. The van der Waals surface area contributed by atoms with E-state index in [1.807, 2.05) is 0 Å². The Kier molecular flexibility index (Phi) is 4.24. The quantitative estimate of drug-likeness (QED) is 0.478. The summed E-state index contributed by atoms with van der Waals surface area (Å²) < 4.78 is 0. The maximum absolute atomic E-state index is 3.91. The van der Waals surface area contributed by atoms with Crippen molar-refractivity contribution in [1.29, 1.82) is 0 Å². The Bertz CT molecular complexity index is 540. The maximum Gasteiger partial charge on any atom is 0.0271 e. The Hall–Kier alpha value is -1.82. The number of rotatable bonds is 6. The molecular formula is C21H23. The lowest BCUT2D eigenvalue weighted by molar-refractivity contribution is 0.784. The smallest absolute Gasteiger partial charge is 0.0271 e. The highest BCUT2D eigenvalue weighted by Crippen LogP contribution is 2.59. The number of allylic oxidation sites excluding steroid dienone is 2. The van der Waals surface area contributed by atoms with Crippen LogP contribution in [0.25, 0.3) is 0 Å². The van der Waals surface area contributed by atoms with Crippen LogP contribution in [0.15, 0.2) is 72.8 Å². The summed E-state index contributed by atoms with van der Waals surface area (Å²) in [6.45, 7) is 3.91. The lowest BCUT2D eigenvalue weighted by atomic mass is 9.85. The molecule has 0 aromatic heterocycles. The van der Waals surface area contributed by atoms with Gasteiger partial charge >= 0.3 is 0 Å². The van der Waals surface area contributed by atoms with Crippen LogP contribution in [0.5, 0.6) is 0 Å². The second-order valence-electron chi connectivity index (χ2n) is 5.94. The van der Waals surface area contributed by atoms with Gasteiger partial charge in [-0.3, -0.25) is 0 Å². The first kappa shape index (κ1) is 14.1. The van der Waals surface area contributed by atoms with Crippen molar-refractivity contribution >= 4 is 0 Å². The SMILES string of the molecule is [CH2]CCC/C=C\C1CC1(c1ccccc1)c1ccccc1. The summed E-state index contributed by atoms with van der Waals surface area (Å²) in [5.74, 6) is 0.632. The molecule has 0 nitrogen and oxygen atoms in total. The monoisotopic (exact) mass is 275 g/mol. The van der Waals surface area contributed by atoms with Crippen LogP contribution in [-0.4, -0.2) is 0 Å². The number of unbranched alkanes of at least 4 members (excludes halogenated alkanes) is 2. The Labute approximate surface area is 128 Å². The molecule has 1 atom stereocenters. The van der Waals surface area contributed by atoms with Crippen molar-refractivity contribution < 1.29 is 0 Å². The lowest BCUT2D eigenvalue weighted by Crippen LogP contribution is -2.11. The second-order valence-corrected chi connectivity index (χ2v) is 5.94. The van der Waals surface area contributed by atoms with E-state index in [0.29, 0.717) is 5.92 Å². The molecule has 1 saturated carbocycles. The molecule has 0 amide bonds. The summed E-state index contributed by atoms with van der Waals surface area (Å²) in [4.78, 5) is 0. The molecule has 1 radical (unpaired) electrons. The van der Waals surface area contributed by atoms with Gasteiger partial charge in [-0.25, -0.2) is 0 Å². The van der Waals surface area contributed by atoms with E-state index in [0.717, 1.165) is 12.8 Å². The maximum atomic E-state index is 3.91. The van der Waals surface area contributed by atoms with Crippen molar-refractivity contribution in [3.8, 4) is 0 Å².